The minimum absolute atomic E-state index is 0.0439. The van der Waals surface area contributed by atoms with E-state index in [1.54, 1.807) is 6.20 Å². The number of piperazine rings is 1. The maximum absolute atomic E-state index is 12.3. The number of hydrogen-bond donors (Lipinski definition) is 1. The third-order valence-corrected chi connectivity index (χ3v) is 6.96. The van der Waals surface area contributed by atoms with Gasteiger partial charge < -0.3 is 15.0 Å². The molecule has 8 nitrogen and oxygen atoms in total. The van der Waals surface area contributed by atoms with Crippen molar-refractivity contribution in [1.29, 1.82) is 5.26 Å². The van der Waals surface area contributed by atoms with Crippen LogP contribution < -0.4 is 10.2 Å². The van der Waals surface area contributed by atoms with E-state index in [1.165, 1.54) is 23.1 Å². The number of anilines is 2. The number of nitriles is 1. The van der Waals surface area contributed by atoms with Crippen molar-refractivity contribution in [3.05, 3.63) is 28.3 Å². The Bertz CT molecular complexity index is 994. The summed E-state index contributed by atoms with van der Waals surface area (Å²) in [5.74, 6) is 0.873. The summed E-state index contributed by atoms with van der Waals surface area (Å²) in [6.07, 6.45) is 4.34. The van der Waals surface area contributed by atoms with E-state index in [0.717, 1.165) is 48.1 Å². The summed E-state index contributed by atoms with van der Waals surface area (Å²) in [4.78, 5) is 25.6. The lowest BCUT2D eigenvalue weighted by atomic mass is 9.89. The van der Waals surface area contributed by atoms with Crippen molar-refractivity contribution >= 4 is 40.0 Å². The standard InChI is InChI=1S/C21H26N6O2S2/c1-21(2)10-14-15(11-22)19(30-3)25-18(16(14)13-29-21)27-7-5-26(6-8-27)12-17(28)24-20-23-4-9-31-20/h4,9H,5-8,10,12-13H2,1-3H3,(H,23,24,28). The van der Waals surface area contributed by atoms with Gasteiger partial charge in [0.2, 0.25) is 5.91 Å². The lowest BCUT2D eigenvalue weighted by molar-refractivity contribution is -0.117. The first-order chi connectivity index (χ1) is 14.9. The molecule has 10 heteroatoms. The van der Waals surface area contributed by atoms with E-state index >= 15 is 0 Å². The molecule has 2 aromatic heterocycles. The second kappa shape index (κ2) is 9.12. The molecule has 0 aromatic carbocycles. The Balaban J connectivity index is 1.48. The fraction of sp³-hybridized carbons (Fsp3) is 0.524. The van der Waals surface area contributed by atoms with Gasteiger partial charge in [-0.15, -0.1) is 23.1 Å². The summed E-state index contributed by atoms with van der Waals surface area (Å²) in [5, 5.41) is 15.9. The minimum atomic E-state index is -0.295. The predicted molar refractivity (Wildman–Crippen MR) is 123 cm³/mol. The van der Waals surface area contributed by atoms with Gasteiger partial charge in [0.15, 0.2) is 5.13 Å². The van der Waals surface area contributed by atoms with Crippen LogP contribution in [0.1, 0.15) is 30.5 Å². The number of aromatic nitrogens is 2. The Morgan fingerprint density at radius 3 is 2.77 bits per heavy atom. The summed E-state index contributed by atoms with van der Waals surface area (Å²) in [5.41, 5.74) is 2.48. The Morgan fingerprint density at radius 1 is 1.35 bits per heavy atom. The molecule has 2 aromatic rings. The lowest BCUT2D eigenvalue weighted by Gasteiger charge is -2.39. The van der Waals surface area contributed by atoms with Crippen LogP contribution in [0.2, 0.25) is 0 Å². The van der Waals surface area contributed by atoms with Gasteiger partial charge in [-0.05, 0) is 25.7 Å². The Hall–Kier alpha value is -2.19. The maximum atomic E-state index is 12.3. The van der Waals surface area contributed by atoms with Gasteiger partial charge in [0.1, 0.15) is 16.9 Å². The molecule has 0 unspecified atom stereocenters. The molecule has 0 saturated carbocycles. The quantitative estimate of drug-likeness (QED) is 0.684. The Morgan fingerprint density at radius 2 is 2.13 bits per heavy atom. The average Bonchev–Trinajstić information content (AvgIpc) is 3.25. The Kier molecular flexibility index (Phi) is 6.48. The normalized spacial score (nSPS) is 18.3. The molecule has 1 N–H and O–H groups in total. The molecule has 4 heterocycles. The first kappa shape index (κ1) is 22.0. The molecule has 0 atom stereocenters. The number of fused-ring (bicyclic) bond motifs is 1. The maximum Gasteiger partial charge on any atom is 0.240 e. The van der Waals surface area contributed by atoms with Crippen molar-refractivity contribution in [3.63, 3.8) is 0 Å². The van der Waals surface area contributed by atoms with Gasteiger partial charge in [-0.3, -0.25) is 9.69 Å². The molecule has 31 heavy (non-hydrogen) atoms. The molecule has 1 amide bonds. The summed E-state index contributed by atoms with van der Waals surface area (Å²) in [7, 11) is 0. The number of ether oxygens (including phenoxy) is 1. The molecule has 164 valence electrons. The van der Waals surface area contributed by atoms with Gasteiger partial charge in [0.05, 0.1) is 24.3 Å². The third-order valence-electron chi connectivity index (χ3n) is 5.59. The van der Waals surface area contributed by atoms with Crippen LogP contribution in [0.5, 0.6) is 0 Å². The number of carbonyl (C=O) groups excluding carboxylic acids is 1. The van der Waals surface area contributed by atoms with Crippen LogP contribution in [0.4, 0.5) is 10.9 Å². The minimum Gasteiger partial charge on any atom is -0.370 e. The second-order valence-electron chi connectivity index (χ2n) is 8.26. The van der Waals surface area contributed by atoms with E-state index in [9.17, 15) is 10.1 Å². The van der Waals surface area contributed by atoms with Crippen LogP contribution in [-0.4, -0.2) is 65.4 Å². The van der Waals surface area contributed by atoms with Crippen LogP contribution in [0.3, 0.4) is 0 Å². The van der Waals surface area contributed by atoms with E-state index in [2.05, 4.69) is 40.0 Å². The molecule has 4 rings (SSSR count). The topological polar surface area (TPSA) is 94.4 Å². The van der Waals surface area contributed by atoms with Crippen molar-refractivity contribution in [2.75, 3.05) is 49.2 Å². The SMILES string of the molecule is CSc1nc(N2CCN(CC(=O)Nc3nccs3)CC2)c2c(c1C#N)CC(C)(C)OC2. The predicted octanol–water partition coefficient (Wildman–Crippen LogP) is 2.74. The molecule has 0 aliphatic carbocycles. The van der Waals surface area contributed by atoms with Crippen molar-refractivity contribution in [2.24, 2.45) is 0 Å². The highest BCUT2D eigenvalue weighted by molar-refractivity contribution is 7.98. The van der Waals surface area contributed by atoms with Crippen molar-refractivity contribution in [2.45, 2.75) is 37.5 Å². The largest absolute Gasteiger partial charge is 0.370 e. The van der Waals surface area contributed by atoms with Crippen LogP contribution in [0, 0.1) is 11.3 Å². The van der Waals surface area contributed by atoms with E-state index in [0.29, 0.717) is 30.3 Å². The Labute approximate surface area is 190 Å². The molecular weight excluding hydrogens is 432 g/mol. The van der Waals surface area contributed by atoms with Crippen LogP contribution in [0.25, 0.3) is 0 Å². The molecule has 0 spiro atoms. The van der Waals surface area contributed by atoms with E-state index in [4.69, 9.17) is 9.72 Å². The summed E-state index contributed by atoms with van der Waals surface area (Å²) in [6, 6.07) is 2.37. The van der Waals surface area contributed by atoms with Gasteiger partial charge in [-0.25, -0.2) is 9.97 Å². The summed E-state index contributed by atoms with van der Waals surface area (Å²) < 4.78 is 6.07. The van der Waals surface area contributed by atoms with Gasteiger partial charge in [-0.1, -0.05) is 0 Å². The lowest BCUT2D eigenvalue weighted by Crippen LogP contribution is -2.49. The highest BCUT2D eigenvalue weighted by atomic mass is 32.2. The van der Waals surface area contributed by atoms with Crippen LogP contribution in [-0.2, 0) is 22.6 Å². The average molecular weight is 459 g/mol. The van der Waals surface area contributed by atoms with E-state index in [-0.39, 0.29) is 11.5 Å². The number of pyridine rings is 1. The number of thiazole rings is 1. The zero-order chi connectivity index (χ0) is 22.0. The number of rotatable bonds is 5. The molecule has 2 aliphatic rings. The molecule has 0 bridgehead atoms. The van der Waals surface area contributed by atoms with E-state index < -0.39 is 0 Å². The first-order valence-corrected chi connectivity index (χ1v) is 12.3. The number of thioether (sulfide) groups is 1. The summed E-state index contributed by atoms with van der Waals surface area (Å²) >= 11 is 2.93. The monoisotopic (exact) mass is 458 g/mol. The van der Waals surface area contributed by atoms with Crippen molar-refractivity contribution in [1.82, 2.24) is 14.9 Å². The summed E-state index contributed by atoms with van der Waals surface area (Å²) in [6.45, 7) is 8.01. The fourth-order valence-electron chi connectivity index (χ4n) is 4.01. The molecule has 1 saturated heterocycles. The highest BCUT2D eigenvalue weighted by Crippen LogP contribution is 2.38. The van der Waals surface area contributed by atoms with Gasteiger partial charge >= 0.3 is 0 Å². The van der Waals surface area contributed by atoms with Gasteiger partial charge in [-0.2, -0.15) is 5.26 Å². The van der Waals surface area contributed by atoms with Crippen LogP contribution >= 0.6 is 23.1 Å². The van der Waals surface area contributed by atoms with Crippen molar-refractivity contribution < 1.29 is 9.53 Å². The first-order valence-electron chi connectivity index (χ1n) is 10.2. The molecule has 0 radical (unpaired) electrons. The van der Waals surface area contributed by atoms with Crippen LogP contribution in [0.15, 0.2) is 16.6 Å². The van der Waals surface area contributed by atoms with E-state index in [1.807, 2.05) is 11.6 Å². The smallest absolute Gasteiger partial charge is 0.240 e. The van der Waals surface area contributed by atoms with Gasteiger partial charge in [0, 0.05) is 49.7 Å². The second-order valence-corrected chi connectivity index (χ2v) is 9.95. The number of hydrogen-bond acceptors (Lipinski definition) is 9. The zero-order valence-electron chi connectivity index (χ0n) is 18.0. The fourth-order valence-corrected chi connectivity index (χ4v) is 5.11. The van der Waals surface area contributed by atoms with Crippen molar-refractivity contribution in [3.8, 4) is 6.07 Å². The molecular formula is C21H26N6O2S2. The molecule has 1 fully saturated rings. The highest BCUT2D eigenvalue weighted by Gasteiger charge is 2.33. The molecule has 2 aliphatic heterocycles. The zero-order valence-corrected chi connectivity index (χ0v) is 19.6. The van der Waals surface area contributed by atoms with Gasteiger partial charge in [0.25, 0.3) is 0 Å². The number of carbonyl (C=O) groups is 1. The number of nitrogens with zero attached hydrogens (tertiary/aromatic N) is 5. The number of nitrogens with one attached hydrogen (secondary N) is 1. The third kappa shape index (κ3) is 4.85. The number of amides is 1.